The molecule has 0 fully saturated rings. The van der Waals surface area contributed by atoms with Gasteiger partial charge in [0.2, 0.25) is 0 Å². The normalized spacial score (nSPS) is 12.3. The predicted octanol–water partition coefficient (Wildman–Crippen LogP) is 2.62. The maximum Gasteiger partial charge on any atom is 0.134 e. The van der Waals surface area contributed by atoms with Crippen molar-refractivity contribution in [2.45, 2.75) is 47.1 Å². The molecule has 1 rings (SSSR count). The van der Waals surface area contributed by atoms with Crippen molar-refractivity contribution in [3.05, 3.63) is 11.4 Å². The predicted molar refractivity (Wildman–Crippen MR) is 79.9 cm³/mol. The van der Waals surface area contributed by atoms with Gasteiger partial charge in [0.15, 0.2) is 0 Å². The molecule has 1 heterocycles. The second kappa shape index (κ2) is 7.94. The molecule has 5 heteroatoms. The van der Waals surface area contributed by atoms with Gasteiger partial charge in [-0.1, -0.05) is 6.92 Å². The summed E-state index contributed by atoms with van der Waals surface area (Å²) in [5.74, 6) is 2.67. The molecule has 1 atom stereocenters. The number of hydrogen-bond acceptors (Lipinski definition) is 5. The van der Waals surface area contributed by atoms with E-state index in [0.717, 1.165) is 49.1 Å². The molecular formula is C14H26N4O. The van der Waals surface area contributed by atoms with Crippen LogP contribution in [0.1, 0.15) is 39.1 Å². The summed E-state index contributed by atoms with van der Waals surface area (Å²) in [6.07, 6.45) is 1.00. The molecule has 1 aromatic heterocycles. The average Bonchev–Trinajstić information content (AvgIpc) is 2.40. The molecule has 0 spiro atoms. The number of anilines is 2. The van der Waals surface area contributed by atoms with Crippen LogP contribution in [0.5, 0.6) is 0 Å². The third-order valence-corrected chi connectivity index (χ3v) is 2.86. The summed E-state index contributed by atoms with van der Waals surface area (Å²) >= 11 is 0. The standard InChI is InChI=1S/C14H26N4O/c1-6-12-17-13(15-7-2)11(5)14(18-12)16-9-10(4)19-8-3/h10H,6-9H2,1-5H3,(H2,15,16,17,18). The molecule has 0 aromatic carbocycles. The Balaban J connectivity index is 2.83. The second-order valence-electron chi connectivity index (χ2n) is 4.49. The number of aromatic nitrogens is 2. The van der Waals surface area contributed by atoms with E-state index >= 15 is 0 Å². The zero-order valence-corrected chi connectivity index (χ0v) is 12.7. The maximum absolute atomic E-state index is 5.52. The topological polar surface area (TPSA) is 59.1 Å². The number of hydrogen-bond donors (Lipinski definition) is 2. The number of rotatable bonds is 8. The van der Waals surface area contributed by atoms with Gasteiger partial charge >= 0.3 is 0 Å². The number of nitrogens with zero attached hydrogens (tertiary/aromatic N) is 2. The fourth-order valence-corrected chi connectivity index (χ4v) is 1.82. The highest BCUT2D eigenvalue weighted by Crippen LogP contribution is 2.20. The molecule has 0 aliphatic carbocycles. The second-order valence-corrected chi connectivity index (χ2v) is 4.49. The first-order valence-corrected chi connectivity index (χ1v) is 7.09. The van der Waals surface area contributed by atoms with Crippen LogP contribution in [-0.4, -0.2) is 35.8 Å². The van der Waals surface area contributed by atoms with Crippen LogP contribution < -0.4 is 10.6 Å². The molecule has 0 amide bonds. The molecule has 1 aromatic rings. The van der Waals surface area contributed by atoms with Crippen LogP contribution >= 0.6 is 0 Å². The van der Waals surface area contributed by atoms with Gasteiger partial charge in [0.25, 0.3) is 0 Å². The summed E-state index contributed by atoms with van der Waals surface area (Å²) in [5.41, 5.74) is 1.06. The van der Waals surface area contributed by atoms with Crippen molar-refractivity contribution in [2.75, 3.05) is 30.3 Å². The van der Waals surface area contributed by atoms with Crippen molar-refractivity contribution >= 4 is 11.6 Å². The minimum Gasteiger partial charge on any atom is -0.377 e. The van der Waals surface area contributed by atoms with E-state index in [4.69, 9.17) is 4.74 Å². The van der Waals surface area contributed by atoms with Gasteiger partial charge in [-0.15, -0.1) is 0 Å². The van der Waals surface area contributed by atoms with E-state index in [0.29, 0.717) is 0 Å². The first kappa shape index (κ1) is 15.7. The van der Waals surface area contributed by atoms with Crippen LogP contribution in [0.2, 0.25) is 0 Å². The third kappa shape index (κ3) is 4.67. The van der Waals surface area contributed by atoms with Crippen LogP contribution in [0.15, 0.2) is 0 Å². The van der Waals surface area contributed by atoms with E-state index in [-0.39, 0.29) is 6.10 Å². The van der Waals surface area contributed by atoms with Crippen LogP contribution in [0, 0.1) is 6.92 Å². The maximum atomic E-state index is 5.52. The molecule has 0 saturated heterocycles. The van der Waals surface area contributed by atoms with Gasteiger partial charge in [0, 0.05) is 31.7 Å². The molecule has 0 saturated carbocycles. The van der Waals surface area contributed by atoms with E-state index in [9.17, 15) is 0 Å². The van der Waals surface area contributed by atoms with E-state index in [2.05, 4.69) is 41.4 Å². The Bertz CT molecular complexity index is 395. The molecule has 0 aliphatic rings. The molecule has 2 N–H and O–H groups in total. The lowest BCUT2D eigenvalue weighted by atomic mass is 10.2. The van der Waals surface area contributed by atoms with Gasteiger partial charge < -0.3 is 15.4 Å². The number of aryl methyl sites for hydroxylation is 1. The Hall–Kier alpha value is -1.36. The smallest absolute Gasteiger partial charge is 0.134 e. The van der Waals surface area contributed by atoms with Crippen molar-refractivity contribution < 1.29 is 4.74 Å². The van der Waals surface area contributed by atoms with E-state index in [1.165, 1.54) is 0 Å². The van der Waals surface area contributed by atoms with Crippen molar-refractivity contribution in [2.24, 2.45) is 0 Å². The highest BCUT2D eigenvalue weighted by molar-refractivity contribution is 5.57. The minimum absolute atomic E-state index is 0.173. The molecule has 1 unspecified atom stereocenters. The van der Waals surface area contributed by atoms with Gasteiger partial charge in [0.1, 0.15) is 17.5 Å². The van der Waals surface area contributed by atoms with Crippen LogP contribution in [0.3, 0.4) is 0 Å². The minimum atomic E-state index is 0.173. The average molecular weight is 266 g/mol. The molecular weight excluding hydrogens is 240 g/mol. The Kier molecular flexibility index (Phi) is 6.56. The fraction of sp³-hybridized carbons (Fsp3) is 0.714. The highest BCUT2D eigenvalue weighted by Gasteiger charge is 2.10. The van der Waals surface area contributed by atoms with Crippen molar-refractivity contribution in [1.29, 1.82) is 0 Å². The Labute approximate surface area is 116 Å². The Morgan fingerprint density at radius 2 is 1.74 bits per heavy atom. The van der Waals surface area contributed by atoms with E-state index in [1.807, 2.05) is 13.8 Å². The van der Waals surface area contributed by atoms with Gasteiger partial charge in [-0.2, -0.15) is 0 Å². The van der Waals surface area contributed by atoms with E-state index in [1.54, 1.807) is 0 Å². The first-order chi connectivity index (χ1) is 9.12. The highest BCUT2D eigenvalue weighted by atomic mass is 16.5. The van der Waals surface area contributed by atoms with Crippen molar-refractivity contribution in [1.82, 2.24) is 9.97 Å². The van der Waals surface area contributed by atoms with Crippen molar-refractivity contribution in [3.63, 3.8) is 0 Å². The summed E-state index contributed by atoms with van der Waals surface area (Å²) in [6, 6.07) is 0. The summed E-state index contributed by atoms with van der Waals surface area (Å²) in [7, 11) is 0. The SMILES string of the molecule is CCNc1nc(CC)nc(NCC(C)OCC)c1C. The molecule has 0 bridgehead atoms. The first-order valence-electron chi connectivity index (χ1n) is 7.09. The summed E-state index contributed by atoms with van der Waals surface area (Å²) in [4.78, 5) is 9.06. The molecule has 0 aliphatic heterocycles. The van der Waals surface area contributed by atoms with Crippen LogP contribution in [0.25, 0.3) is 0 Å². The lowest BCUT2D eigenvalue weighted by Gasteiger charge is -2.17. The monoisotopic (exact) mass is 266 g/mol. The van der Waals surface area contributed by atoms with Crippen LogP contribution in [-0.2, 0) is 11.2 Å². The molecule has 0 radical (unpaired) electrons. The Morgan fingerprint density at radius 3 is 2.26 bits per heavy atom. The number of ether oxygens (including phenoxy) is 1. The Morgan fingerprint density at radius 1 is 1.11 bits per heavy atom. The fourth-order valence-electron chi connectivity index (χ4n) is 1.82. The van der Waals surface area contributed by atoms with Gasteiger partial charge in [-0.3, -0.25) is 0 Å². The molecule has 19 heavy (non-hydrogen) atoms. The summed E-state index contributed by atoms with van der Waals surface area (Å²) in [6.45, 7) is 12.6. The van der Waals surface area contributed by atoms with Gasteiger partial charge in [0.05, 0.1) is 6.10 Å². The van der Waals surface area contributed by atoms with Gasteiger partial charge in [-0.25, -0.2) is 9.97 Å². The quantitative estimate of drug-likeness (QED) is 0.757. The molecule has 108 valence electrons. The summed E-state index contributed by atoms with van der Waals surface area (Å²) < 4.78 is 5.52. The largest absolute Gasteiger partial charge is 0.377 e. The lowest BCUT2D eigenvalue weighted by molar-refractivity contribution is 0.0854. The van der Waals surface area contributed by atoms with Crippen LogP contribution in [0.4, 0.5) is 11.6 Å². The van der Waals surface area contributed by atoms with Crippen molar-refractivity contribution in [3.8, 4) is 0 Å². The summed E-state index contributed by atoms with van der Waals surface area (Å²) in [5, 5.41) is 6.64. The zero-order valence-electron chi connectivity index (χ0n) is 12.7. The molecule has 5 nitrogen and oxygen atoms in total. The zero-order chi connectivity index (χ0) is 14.3. The number of nitrogens with one attached hydrogen (secondary N) is 2. The lowest BCUT2D eigenvalue weighted by Crippen LogP contribution is -2.21. The van der Waals surface area contributed by atoms with Gasteiger partial charge in [-0.05, 0) is 27.7 Å². The van der Waals surface area contributed by atoms with E-state index < -0.39 is 0 Å². The third-order valence-electron chi connectivity index (χ3n) is 2.86.